The molecule has 0 bridgehead atoms. The summed E-state index contributed by atoms with van der Waals surface area (Å²) in [7, 11) is 1.64. The summed E-state index contributed by atoms with van der Waals surface area (Å²) in [4.78, 5) is 26.5. The lowest BCUT2D eigenvalue weighted by atomic mass is 9.95. The van der Waals surface area contributed by atoms with Crippen LogP contribution in [0.4, 0.5) is 0 Å². The van der Waals surface area contributed by atoms with Gasteiger partial charge in [-0.3, -0.25) is 4.90 Å². The molecule has 1 unspecified atom stereocenters. The van der Waals surface area contributed by atoms with Crippen molar-refractivity contribution in [2.75, 3.05) is 40.0 Å². The summed E-state index contributed by atoms with van der Waals surface area (Å²) in [6.45, 7) is 3.97. The Bertz CT molecular complexity index is 1090. The molecule has 8 heteroatoms. The maximum absolute atomic E-state index is 11.3. The number of imidazole rings is 1. The molecule has 2 fully saturated rings. The highest BCUT2D eigenvalue weighted by molar-refractivity contribution is 5.85. The van der Waals surface area contributed by atoms with Gasteiger partial charge in [0.25, 0.3) is 0 Å². The molecule has 3 atom stereocenters. The van der Waals surface area contributed by atoms with Crippen LogP contribution in [0.1, 0.15) is 31.1 Å². The Hall–Kier alpha value is -2.81. The SMILES string of the molecule is COc1nc2ccccc2cc1-c1cnc([C@@H]2C[C@@H](NCC3CCOC3)CCN2CC=O)[nH]1. The molecule has 0 saturated carbocycles. The first kappa shape index (κ1) is 22.0. The van der Waals surface area contributed by atoms with E-state index in [1.807, 2.05) is 30.5 Å². The minimum Gasteiger partial charge on any atom is -0.480 e. The smallest absolute Gasteiger partial charge is 0.223 e. The molecule has 0 spiro atoms. The number of methoxy groups -OCH3 is 1. The van der Waals surface area contributed by atoms with Crippen molar-refractivity contribution in [3.8, 4) is 17.1 Å². The summed E-state index contributed by atoms with van der Waals surface area (Å²) in [6, 6.07) is 10.5. The Morgan fingerprint density at radius 1 is 1.33 bits per heavy atom. The number of para-hydroxylation sites is 1. The van der Waals surface area contributed by atoms with Crippen LogP contribution in [0.2, 0.25) is 0 Å². The zero-order valence-corrected chi connectivity index (χ0v) is 19.0. The van der Waals surface area contributed by atoms with E-state index in [0.717, 1.165) is 79.8 Å². The third-order valence-corrected chi connectivity index (χ3v) is 6.83. The molecule has 1 aromatic carbocycles. The number of H-pyrrole nitrogens is 1. The van der Waals surface area contributed by atoms with Crippen LogP contribution >= 0.6 is 0 Å². The van der Waals surface area contributed by atoms with Crippen LogP contribution in [-0.2, 0) is 9.53 Å². The molecule has 2 aliphatic heterocycles. The summed E-state index contributed by atoms with van der Waals surface area (Å²) in [5.41, 5.74) is 2.64. The Morgan fingerprint density at radius 3 is 3.06 bits per heavy atom. The van der Waals surface area contributed by atoms with E-state index in [0.29, 0.717) is 24.4 Å². The fourth-order valence-corrected chi connectivity index (χ4v) is 4.97. The molecule has 33 heavy (non-hydrogen) atoms. The maximum atomic E-state index is 11.3. The monoisotopic (exact) mass is 449 g/mol. The van der Waals surface area contributed by atoms with Gasteiger partial charge in [0, 0.05) is 31.1 Å². The second-order valence-electron chi connectivity index (χ2n) is 8.96. The number of benzene rings is 1. The number of aromatic nitrogens is 3. The third kappa shape index (κ3) is 4.78. The van der Waals surface area contributed by atoms with Crippen LogP contribution in [0.5, 0.6) is 5.88 Å². The number of nitrogens with zero attached hydrogens (tertiary/aromatic N) is 3. The van der Waals surface area contributed by atoms with Crippen molar-refractivity contribution in [3.63, 3.8) is 0 Å². The van der Waals surface area contributed by atoms with Gasteiger partial charge in [0.2, 0.25) is 5.88 Å². The molecule has 2 aromatic heterocycles. The Labute approximate surface area is 193 Å². The van der Waals surface area contributed by atoms with E-state index in [2.05, 4.69) is 26.3 Å². The van der Waals surface area contributed by atoms with Gasteiger partial charge in [-0.25, -0.2) is 9.97 Å². The number of hydrogen-bond acceptors (Lipinski definition) is 7. The van der Waals surface area contributed by atoms with Gasteiger partial charge in [-0.1, -0.05) is 18.2 Å². The number of carbonyl (C=O) groups is 1. The number of piperidine rings is 1. The van der Waals surface area contributed by atoms with Gasteiger partial charge in [0.15, 0.2) is 0 Å². The lowest BCUT2D eigenvalue weighted by molar-refractivity contribution is -0.109. The van der Waals surface area contributed by atoms with Crippen LogP contribution in [0.3, 0.4) is 0 Å². The van der Waals surface area contributed by atoms with Gasteiger partial charge in [0.1, 0.15) is 12.1 Å². The van der Waals surface area contributed by atoms with Crippen LogP contribution in [0.15, 0.2) is 36.5 Å². The van der Waals surface area contributed by atoms with E-state index in [1.54, 1.807) is 7.11 Å². The maximum Gasteiger partial charge on any atom is 0.223 e. The lowest BCUT2D eigenvalue weighted by Gasteiger charge is -2.38. The number of hydrogen-bond donors (Lipinski definition) is 2. The minimum absolute atomic E-state index is 0.0504. The molecular formula is C25H31N5O3. The Kier molecular flexibility index (Phi) is 6.66. The molecule has 3 aromatic rings. The number of carbonyl (C=O) groups excluding carboxylic acids is 1. The second-order valence-corrected chi connectivity index (χ2v) is 8.96. The van der Waals surface area contributed by atoms with Gasteiger partial charge in [-0.05, 0) is 37.3 Å². The third-order valence-electron chi connectivity index (χ3n) is 6.83. The van der Waals surface area contributed by atoms with E-state index in [9.17, 15) is 4.79 Å². The molecule has 2 aliphatic rings. The molecule has 0 amide bonds. The predicted octanol–water partition coefficient (Wildman–Crippen LogP) is 2.96. The average Bonchev–Trinajstić information content (AvgIpc) is 3.55. The average molecular weight is 450 g/mol. The number of fused-ring (bicyclic) bond motifs is 1. The van der Waals surface area contributed by atoms with Crippen molar-refractivity contribution in [3.05, 3.63) is 42.4 Å². The number of aromatic amines is 1. The zero-order chi connectivity index (χ0) is 22.6. The van der Waals surface area contributed by atoms with Crippen molar-refractivity contribution in [1.82, 2.24) is 25.2 Å². The number of pyridine rings is 1. The molecular weight excluding hydrogens is 418 g/mol. The fraction of sp³-hybridized carbons (Fsp3) is 0.480. The van der Waals surface area contributed by atoms with Gasteiger partial charge >= 0.3 is 0 Å². The molecule has 5 rings (SSSR count). The normalized spacial score (nSPS) is 23.7. The topological polar surface area (TPSA) is 92.4 Å². The standard InChI is InChI=1S/C25H31N5O3/c1-32-25-20(12-18-4-2-3-5-21(18)29-25)22-15-27-24(28-22)23-13-19(6-8-30(23)9-10-31)26-14-17-7-11-33-16-17/h2-5,10,12,15,17,19,23,26H,6-9,11,13-14,16H2,1H3,(H,27,28)/t17?,19-,23-/m0/s1. The van der Waals surface area contributed by atoms with Crippen molar-refractivity contribution in [1.29, 1.82) is 0 Å². The number of ether oxygens (including phenoxy) is 2. The molecule has 8 nitrogen and oxygen atoms in total. The number of aldehydes is 1. The highest BCUT2D eigenvalue weighted by Crippen LogP contribution is 2.34. The van der Waals surface area contributed by atoms with Crippen LogP contribution in [0.25, 0.3) is 22.2 Å². The van der Waals surface area contributed by atoms with E-state index < -0.39 is 0 Å². The predicted molar refractivity (Wildman–Crippen MR) is 126 cm³/mol. The van der Waals surface area contributed by atoms with Crippen molar-refractivity contribution >= 4 is 17.2 Å². The summed E-state index contributed by atoms with van der Waals surface area (Å²) in [5, 5.41) is 4.78. The van der Waals surface area contributed by atoms with Crippen LogP contribution in [0, 0.1) is 5.92 Å². The highest BCUT2D eigenvalue weighted by atomic mass is 16.5. The van der Waals surface area contributed by atoms with Gasteiger partial charge in [0.05, 0.1) is 49.3 Å². The molecule has 2 N–H and O–H groups in total. The number of rotatable bonds is 8. The molecule has 0 radical (unpaired) electrons. The van der Waals surface area contributed by atoms with Gasteiger partial charge in [-0.2, -0.15) is 0 Å². The quantitative estimate of drug-likeness (QED) is 0.511. The van der Waals surface area contributed by atoms with Crippen molar-refractivity contribution < 1.29 is 14.3 Å². The Balaban J connectivity index is 1.38. The molecule has 0 aliphatic carbocycles. The number of likely N-dealkylation sites (tertiary alicyclic amines) is 1. The first-order chi connectivity index (χ1) is 16.2. The fourth-order valence-electron chi connectivity index (χ4n) is 4.97. The van der Waals surface area contributed by atoms with E-state index >= 15 is 0 Å². The van der Waals surface area contributed by atoms with Gasteiger partial charge < -0.3 is 24.6 Å². The summed E-state index contributed by atoms with van der Waals surface area (Å²) >= 11 is 0. The van der Waals surface area contributed by atoms with Crippen molar-refractivity contribution in [2.24, 2.45) is 5.92 Å². The van der Waals surface area contributed by atoms with Crippen molar-refractivity contribution in [2.45, 2.75) is 31.3 Å². The molecule has 4 heterocycles. The largest absolute Gasteiger partial charge is 0.480 e. The summed E-state index contributed by atoms with van der Waals surface area (Å²) in [5.74, 6) is 2.04. The van der Waals surface area contributed by atoms with Crippen LogP contribution in [-0.4, -0.2) is 72.1 Å². The van der Waals surface area contributed by atoms with Crippen LogP contribution < -0.4 is 10.1 Å². The highest BCUT2D eigenvalue weighted by Gasteiger charge is 2.32. The molecule has 2 saturated heterocycles. The summed E-state index contributed by atoms with van der Waals surface area (Å²) in [6.07, 6.45) is 5.88. The van der Waals surface area contributed by atoms with E-state index in [1.165, 1.54) is 0 Å². The van der Waals surface area contributed by atoms with E-state index in [-0.39, 0.29) is 6.04 Å². The number of nitrogens with one attached hydrogen (secondary N) is 2. The van der Waals surface area contributed by atoms with E-state index in [4.69, 9.17) is 14.5 Å². The summed E-state index contributed by atoms with van der Waals surface area (Å²) < 4.78 is 11.1. The lowest BCUT2D eigenvalue weighted by Crippen LogP contribution is -2.46. The second kappa shape index (κ2) is 9.99. The first-order valence-electron chi connectivity index (χ1n) is 11.7. The minimum atomic E-state index is 0.0504. The zero-order valence-electron chi connectivity index (χ0n) is 19.0. The Morgan fingerprint density at radius 2 is 2.24 bits per heavy atom. The molecule has 174 valence electrons. The van der Waals surface area contributed by atoms with Gasteiger partial charge in [-0.15, -0.1) is 0 Å². The first-order valence-corrected chi connectivity index (χ1v) is 11.7.